The van der Waals surface area contributed by atoms with Gasteiger partial charge in [-0.25, -0.2) is 0 Å². The van der Waals surface area contributed by atoms with Crippen LogP contribution in [0.5, 0.6) is 11.5 Å². The van der Waals surface area contributed by atoms with Crippen molar-refractivity contribution in [2.75, 3.05) is 13.7 Å². The largest absolute Gasteiger partial charge is 0.497 e. The standard InChI is InChI=1S/C16H22O4/c1-19-13-6-8-14(9-7-13)20-11-10-15(16(17)18)12-4-2-3-5-12/h6-9,12,15H,2-5,10-11H2,1H3,(H,17,18). The van der Waals surface area contributed by atoms with E-state index < -0.39 is 5.97 Å². The quantitative estimate of drug-likeness (QED) is 0.831. The van der Waals surface area contributed by atoms with Crippen LogP contribution in [-0.4, -0.2) is 24.8 Å². The van der Waals surface area contributed by atoms with Crippen LogP contribution >= 0.6 is 0 Å². The summed E-state index contributed by atoms with van der Waals surface area (Å²) in [7, 11) is 1.62. The molecule has 4 nitrogen and oxygen atoms in total. The van der Waals surface area contributed by atoms with Crippen molar-refractivity contribution < 1.29 is 19.4 Å². The first-order valence-electron chi connectivity index (χ1n) is 7.20. The van der Waals surface area contributed by atoms with Crippen LogP contribution in [0, 0.1) is 11.8 Å². The molecule has 2 rings (SSSR count). The fourth-order valence-corrected chi connectivity index (χ4v) is 2.90. The SMILES string of the molecule is COc1ccc(OCCC(C(=O)O)C2CCCC2)cc1. The Kier molecular flexibility index (Phi) is 5.27. The van der Waals surface area contributed by atoms with Crippen LogP contribution in [0.3, 0.4) is 0 Å². The minimum Gasteiger partial charge on any atom is -0.497 e. The van der Waals surface area contributed by atoms with Gasteiger partial charge in [-0.15, -0.1) is 0 Å². The van der Waals surface area contributed by atoms with Gasteiger partial charge in [-0.1, -0.05) is 12.8 Å². The lowest BCUT2D eigenvalue weighted by Crippen LogP contribution is -2.24. The number of carboxylic acids is 1. The van der Waals surface area contributed by atoms with Crippen LogP contribution in [-0.2, 0) is 4.79 Å². The molecule has 1 atom stereocenters. The minimum absolute atomic E-state index is 0.268. The number of rotatable bonds is 7. The Balaban J connectivity index is 1.81. The maximum absolute atomic E-state index is 11.3. The van der Waals surface area contributed by atoms with Crippen molar-refractivity contribution in [3.63, 3.8) is 0 Å². The Morgan fingerprint density at radius 3 is 2.40 bits per heavy atom. The van der Waals surface area contributed by atoms with E-state index in [-0.39, 0.29) is 5.92 Å². The zero-order valence-corrected chi connectivity index (χ0v) is 11.9. The second-order valence-corrected chi connectivity index (χ2v) is 5.30. The van der Waals surface area contributed by atoms with Crippen molar-refractivity contribution >= 4 is 5.97 Å². The fourth-order valence-electron chi connectivity index (χ4n) is 2.90. The van der Waals surface area contributed by atoms with E-state index in [1.54, 1.807) is 7.11 Å². The van der Waals surface area contributed by atoms with Crippen LogP contribution < -0.4 is 9.47 Å². The molecule has 20 heavy (non-hydrogen) atoms. The molecule has 1 aromatic rings. The lowest BCUT2D eigenvalue weighted by Gasteiger charge is -2.19. The molecular formula is C16H22O4. The molecule has 0 bridgehead atoms. The third-order valence-electron chi connectivity index (χ3n) is 4.04. The molecule has 0 saturated heterocycles. The summed E-state index contributed by atoms with van der Waals surface area (Å²) in [4.78, 5) is 11.3. The van der Waals surface area contributed by atoms with E-state index >= 15 is 0 Å². The maximum atomic E-state index is 11.3. The third kappa shape index (κ3) is 3.89. The average molecular weight is 278 g/mol. The van der Waals surface area contributed by atoms with Gasteiger partial charge in [0.25, 0.3) is 0 Å². The number of carboxylic acid groups (broad SMARTS) is 1. The lowest BCUT2D eigenvalue weighted by molar-refractivity contribution is -0.144. The number of benzene rings is 1. The topological polar surface area (TPSA) is 55.8 Å². The van der Waals surface area contributed by atoms with Crippen molar-refractivity contribution in [2.24, 2.45) is 11.8 Å². The van der Waals surface area contributed by atoms with Crippen LogP contribution in [0.1, 0.15) is 32.1 Å². The Bertz CT molecular complexity index is 421. The summed E-state index contributed by atoms with van der Waals surface area (Å²) in [6, 6.07) is 7.34. The summed E-state index contributed by atoms with van der Waals surface area (Å²) in [6.07, 6.45) is 4.98. The van der Waals surface area contributed by atoms with Crippen molar-refractivity contribution in [2.45, 2.75) is 32.1 Å². The molecule has 0 heterocycles. The summed E-state index contributed by atoms with van der Waals surface area (Å²) < 4.78 is 10.7. The first-order chi connectivity index (χ1) is 9.70. The van der Waals surface area contributed by atoms with Crippen LogP contribution in [0.4, 0.5) is 0 Å². The molecule has 4 heteroatoms. The molecule has 0 aliphatic heterocycles. The second-order valence-electron chi connectivity index (χ2n) is 5.30. The monoisotopic (exact) mass is 278 g/mol. The van der Waals surface area contributed by atoms with Crippen LogP contribution in [0.15, 0.2) is 24.3 Å². The van der Waals surface area contributed by atoms with E-state index in [9.17, 15) is 9.90 Å². The first kappa shape index (κ1) is 14.7. The van der Waals surface area contributed by atoms with Crippen molar-refractivity contribution in [1.82, 2.24) is 0 Å². The number of hydrogen-bond donors (Lipinski definition) is 1. The summed E-state index contributed by atoms with van der Waals surface area (Å²) in [5.41, 5.74) is 0. The van der Waals surface area contributed by atoms with Crippen LogP contribution in [0.2, 0.25) is 0 Å². The molecule has 110 valence electrons. The van der Waals surface area contributed by atoms with Gasteiger partial charge in [0.15, 0.2) is 0 Å². The van der Waals surface area contributed by atoms with Crippen molar-refractivity contribution in [3.05, 3.63) is 24.3 Å². The van der Waals surface area contributed by atoms with Crippen molar-refractivity contribution in [3.8, 4) is 11.5 Å². The van der Waals surface area contributed by atoms with Gasteiger partial charge in [-0.05, 0) is 49.4 Å². The molecule has 1 aromatic carbocycles. The number of ether oxygens (including phenoxy) is 2. The zero-order valence-electron chi connectivity index (χ0n) is 11.9. The summed E-state index contributed by atoms with van der Waals surface area (Å²) in [6.45, 7) is 0.444. The predicted molar refractivity (Wildman–Crippen MR) is 76.2 cm³/mol. The van der Waals surface area contributed by atoms with Crippen LogP contribution in [0.25, 0.3) is 0 Å². The third-order valence-corrected chi connectivity index (χ3v) is 4.04. The van der Waals surface area contributed by atoms with Crippen molar-refractivity contribution in [1.29, 1.82) is 0 Å². The van der Waals surface area contributed by atoms with E-state index in [0.29, 0.717) is 18.9 Å². The highest BCUT2D eigenvalue weighted by Crippen LogP contribution is 2.33. The minimum atomic E-state index is -0.685. The van der Waals surface area contributed by atoms with Gasteiger partial charge in [0, 0.05) is 0 Å². The molecule has 0 aromatic heterocycles. The van der Waals surface area contributed by atoms with Gasteiger partial charge in [-0.2, -0.15) is 0 Å². The van der Waals surface area contributed by atoms with E-state index in [4.69, 9.17) is 9.47 Å². The molecule has 1 unspecified atom stereocenters. The Labute approximate surface area is 119 Å². The Morgan fingerprint density at radius 2 is 1.85 bits per heavy atom. The highest BCUT2D eigenvalue weighted by atomic mass is 16.5. The highest BCUT2D eigenvalue weighted by molar-refractivity contribution is 5.70. The predicted octanol–water partition coefficient (Wildman–Crippen LogP) is 3.36. The Hall–Kier alpha value is -1.71. The van der Waals surface area contributed by atoms with Gasteiger partial charge >= 0.3 is 5.97 Å². The molecular weight excluding hydrogens is 256 g/mol. The molecule has 1 aliphatic rings. The van der Waals surface area contributed by atoms with Gasteiger partial charge in [0.2, 0.25) is 0 Å². The van der Waals surface area contributed by atoms with E-state index in [2.05, 4.69) is 0 Å². The molecule has 1 saturated carbocycles. The fraction of sp³-hybridized carbons (Fsp3) is 0.562. The zero-order chi connectivity index (χ0) is 14.4. The van der Waals surface area contributed by atoms with E-state index in [0.717, 1.165) is 37.2 Å². The Morgan fingerprint density at radius 1 is 1.25 bits per heavy atom. The highest BCUT2D eigenvalue weighted by Gasteiger charge is 2.30. The molecule has 0 spiro atoms. The summed E-state index contributed by atoms with van der Waals surface area (Å²) in [5.74, 6) is 0.908. The number of methoxy groups -OCH3 is 1. The van der Waals surface area contributed by atoms with Gasteiger partial charge in [-0.3, -0.25) is 4.79 Å². The molecule has 0 radical (unpaired) electrons. The molecule has 0 amide bonds. The molecule has 1 N–H and O–H groups in total. The first-order valence-corrected chi connectivity index (χ1v) is 7.20. The van der Waals surface area contributed by atoms with Gasteiger partial charge in [0.1, 0.15) is 11.5 Å². The summed E-state index contributed by atoms with van der Waals surface area (Å²) in [5, 5.41) is 9.33. The van der Waals surface area contributed by atoms with E-state index in [1.807, 2.05) is 24.3 Å². The number of hydrogen-bond acceptors (Lipinski definition) is 3. The average Bonchev–Trinajstić information content (AvgIpc) is 2.97. The maximum Gasteiger partial charge on any atom is 0.306 e. The lowest BCUT2D eigenvalue weighted by atomic mass is 9.88. The number of aliphatic carboxylic acids is 1. The smallest absolute Gasteiger partial charge is 0.306 e. The molecule has 1 fully saturated rings. The van der Waals surface area contributed by atoms with Gasteiger partial charge < -0.3 is 14.6 Å². The number of carbonyl (C=O) groups is 1. The van der Waals surface area contributed by atoms with Gasteiger partial charge in [0.05, 0.1) is 19.6 Å². The summed E-state index contributed by atoms with van der Waals surface area (Å²) >= 11 is 0. The normalized spacial score (nSPS) is 16.9. The van der Waals surface area contributed by atoms with E-state index in [1.165, 1.54) is 0 Å². The second kappa shape index (κ2) is 7.17. The molecule has 1 aliphatic carbocycles.